The van der Waals surface area contributed by atoms with E-state index in [4.69, 9.17) is 0 Å². The second-order valence-corrected chi connectivity index (χ2v) is 6.17. The smallest absolute Gasteiger partial charge is 0.247 e. The Hall–Kier alpha value is -3.87. The first kappa shape index (κ1) is 15.4. The maximum absolute atomic E-state index is 4.64. The zero-order valence-electron chi connectivity index (χ0n) is 14.6. The van der Waals surface area contributed by atoms with Crippen LogP contribution in [-0.4, -0.2) is 31.6 Å². The van der Waals surface area contributed by atoms with E-state index in [1.54, 1.807) is 0 Å². The van der Waals surface area contributed by atoms with Crippen molar-refractivity contribution in [3.63, 3.8) is 0 Å². The molecule has 5 rings (SSSR count). The standard InChI is InChI=1S/C20H17N7.H2/c1-21-19-23-15-11-10-13(12-16(15)24-19)17-8-5-9-18-25-20(26-27(17)18)22-14-6-3-2-4-7-14;/h2-12H,1H3,(H,22,26)(H2,21,23,24);1H. The molecular weight excluding hydrogens is 338 g/mol. The molecule has 2 aromatic carbocycles. The van der Waals surface area contributed by atoms with Crippen LogP contribution >= 0.6 is 0 Å². The summed E-state index contributed by atoms with van der Waals surface area (Å²) in [6.45, 7) is 0. The number of aromatic amines is 1. The number of imidazole rings is 1. The summed E-state index contributed by atoms with van der Waals surface area (Å²) in [6, 6.07) is 22.0. The maximum Gasteiger partial charge on any atom is 0.247 e. The number of nitrogens with one attached hydrogen (secondary N) is 3. The molecular formula is C20H19N7. The molecule has 3 N–H and O–H groups in total. The first-order chi connectivity index (χ1) is 13.3. The Balaban J connectivity index is 0.00000192. The van der Waals surface area contributed by atoms with Crippen molar-refractivity contribution in [3.05, 3.63) is 66.7 Å². The van der Waals surface area contributed by atoms with Crippen LogP contribution in [0.1, 0.15) is 1.43 Å². The van der Waals surface area contributed by atoms with Gasteiger partial charge in [0.05, 0.1) is 16.7 Å². The first-order valence-corrected chi connectivity index (χ1v) is 8.66. The molecule has 0 aliphatic heterocycles. The molecule has 27 heavy (non-hydrogen) atoms. The summed E-state index contributed by atoms with van der Waals surface area (Å²) in [4.78, 5) is 12.3. The summed E-state index contributed by atoms with van der Waals surface area (Å²) in [7, 11) is 1.84. The number of hydrogen-bond acceptors (Lipinski definition) is 5. The van der Waals surface area contributed by atoms with E-state index in [1.165, 1.54) is 0 Å². The van der Waals surface area contributed by atoms with Gasteiger partial charge in [-0.3, -0.25) is 0 Å². The van der Waals surface area contributed by atoms with Crippen LogP contribution in [0.4, 0.5) is 17.6 Å². The van der Waals surface area contributed by atoms with Gasteiger partial charge in [0.25, 0.3) is 0 Å². The Morgan fingerprint density at radius 3 is 2.70 bits per heavy atom. The third kappa shape index (κ3) is 2.75. The summed E-state index contributed by atoms with van der Waals surface area (Å²) in [5.74, 6) is 1.31. The Bertz CT molecular complexity index is 1240. The number of hydrogen-bond donors (Lipinski definition) is 3. The summed E-state index contributed by atoms with van der Waals surface area (Å²) in [6.07, 6.45) is 0. The van der Waals surface area contributed by atoms with Crippen LogP contribution in [0.5, 0.6) is 0 Å². The third-order valence-electron chi connectivity index (χ3n) is 4.40. The number of para-hydroxylation sites is 1. The molecule has 134 valence electrons. The van der Waals surface area contributed by atoms with E-state index in [1.807, 2.05) is 72.2 Å². The normalized spacial score (nSPS) is 11.1. The molecule has 0 bridgehead atoms. The van der Waals surface area contributed by atoms with Crippen molar-refractivity contribution in [2.75, 3.05) is 17.7 Å². The van der Waals surface area contributed by atoms with Gasteiger partial charge in [0, 0.05) is 19.7 Å². The highest BCUT2D eigenvalue weighted by molar-refractivity contribution is 5.83. The zero-order chi connectivity index (χ0) is 18.2. The molecule has 0 spiro atoms. The lowest BCUT2D eigenvalue weighted by molar-refractivity contribution is 0.974. The highest BCUT2D eigenvalue weighted by Gasteiger charge is 2.10. The topological polar surface area (TPSA) is 82.9 Å². The van der Waals surface area contributed by atoms with Crippen LogP contribution in [0.3, 0.4) is 0 Å². The fourth-order valence-corrected chi connectivity index (χ4v) is 3.11. The Kier molecular flexibility index (Phi) is 3.50. The molecule has 0 aliphatic rings. The minimum atomic E-state index is 0. The number of anilines is 3. The van der Waals surface area contributed by atoms with Crippen LogP contribution < -0.4 is 10.6 Å². The molecule has 0 amide bonds. The Morgan fingerprint density at radius 1 is 0.963 bits per heavy atom. The van der Waals surface area contributed by atoms with Crippen molar-refractivity contribution >= 4 is 34.3 Å². The van der Waals surface area contributed by atoms with Gasteiger partial charge in [-0.05, 0) is 36.4 Å². The van der Waals surface area contributed by atoms with Gasteiger partial charge in [-0.25, -0.2) is 9.50 Å². The number of nitrogens with zero attached hydrogens (tertiary/aromatic N) is 4. The van der Waals surface area contributed by atoms with Crippen molar-refractivity contribution in [2.45, 2.75) is 0 Å². The molecule has 0 saturated heterocycles. The third-order valence-corrected chi connectivity index (χ3v) is 4.40. The average molecular weight is 357 g/mol. The van der Waals surface area contributed by atoms with E-state index < -0.39 is 0 Å². The number of H-pyrrole nitrogens is 1. The van der Waals surface area contributed by atoms with Crippen LogP contribution in [0.2, 0.25) is 0 Å². The van der Waals surface area contributed by atoms with E-state index in [0.717, 1.165) is 39.6 Å². The molecule has 3 aromatic heterocycles. The lowest BCUT2D eigenvalue weighted by Crippen LogP contribution is -1.95. The van der Waals surface area contributed by atoms with E-state index in [9.17, 15) is 0 Å². The van der Waals surface area contributed by atoms with Gasteiger partial charge < -0.3 is 15.6 Å². The van der Waals surface area contributed by atoms with Crippen LogP contribution in [0.25, 0.3) is 27.9 Å². The number of rotatable bonds is 4. The van der Waals surface area contributed by atoms with Crippen molar-refractivity contribution in [2.24, 2.45) is 0 Å². The Morgan fingerprint density at radius 2 is 1.85 bits per heavy atom. The van der Waals surface area contributed by atoms with Crippen LogP contribution in [0.15, 0.2) is 66.7 Å². The monoisotopic (exact) mass is 357 g/mol. The van der Waals surface area contributed by atoms with Gasteiger partial charge in [0.2, 0.25) is 11.9 Å². The van der Waals surface area contributed by atoms with Gasteiger partial charge in [-0.15, -0.1) is 5.10 Å². The SMILES string of the molecule is CNc1nc2ccc(-c3cccc4nc(Nc5ccccc5)nn34)cc2[nH]1.[HH]. The molecule has 5 aromatic rings. The molecule has 0 unspecified atom stereocenters. The van der Waals surface area contributed by atoms with E-state index >= 15 is 0 Å². The van der Waals surface area contributed by atoms with Crippen molar-refractivity contribution in [1.29, 1.82) is 0 Å². The van der Waals surface area contributed by atoms with Gasteiger partial charge in [-0.1, -0.05) is 30.3 Å². The minimum absolute atomic E-state index is 0. The fraction of sp³-hybridized carbons (Fsp3) is 0.0500. The van der Waals surface area contributed by atoms with Crippen molar-refractivity contribution < 1.29 is 1.43 Å². The van der Waals surface area contributed by atoms with E-state index in [0.29, 0.717) is 5.95 Å². The lowest BCUT2D eigenvalue weighted by atomic mass is 10.1. The molecule has 0 radical (unpaired) electrons. The summed E-state index contributed by atoms with van der Waals surface area (Å²) >= 11 is 0. The summed E-state index contributed by atoms with van der Waals surface area (Å²) in [5.41, 5.74) is 5.62. The fourth-order valence-electron chi connectivity index (χ4n) is 3.11. The second-order valence-electron chi connectivity index (χ2n) is 6.17. The largest absolute Gasteiger partial charge is 0.359 e. The molecule has 0 aliphatic carbocycles. The van der Waals surface area contributed by atoms with Gasteiger partial charge in [0.15, 0.2) is 5.65 Å². The van der Waals surface area contributed by atoms with Crippen LogP contribution in [0, 0.1) is 0 Å². The molecule has 0 saturated carbocycles. The van der Waals surface area contributed by atoms with Gasteiger partial charge >= 0.3 is 0 Å². The minimum Gasteiger partial charge on any atom is -0.359 e. The molecule has 7 heteroatoms. The van der Waals surface area contributed by atoms with Crippen molar-refractivity contribution in [1.82, 2.24) is 24.6 Å². The second kappa shape index (κ2) is 6.14. The molecule has 0 atom stereocenters. The molecule has 0 fully saturated rings. The molecule has 7 nitrogen and oxygen atoms in total. The summed E-state index contributed by atoms with van der Waals surface area (Å²) < 4.78 is 1.85. The predicted molar refractivity (Wildman–Crippen MR) is 109 cm³/mol. The van der Waals surface area contributed by atoms with E-state index in [-0.39, 0.29) is 1.43 Å². The highest BCUT2D eigenvalue weighted by atomic mass is 15.4. The number of benzene rings is 2. The number of aromatic nitrogens is 5. The van der Waals surface area contributed by atoms with Gasteiger partial charge in [0.1, 0.15) is 0 Å². The number of fused-ring (bicyclic) bond motifs is 2. The average Bonchev–Trinajstić information content (AvgIpc) is 3.30. The first-order valence-electron chi connectivity index (χ1n) is 8.66. The summed E-state index contributed by atoms with van der Waals surface area (Å²) in [5, 5.41) is 10.9. The zero-order valence-corrected chi connectivity index (χ0v) is 14.6. The van der Waals surface area contributed by atoms with Gasteiger partial charge in [-0.2, -0.15) is 4.98 Å². The quantitative estimate of drug-likeness (QED) is 0.447. The van der Waals surface area contributed by atoms with Crippen LogP contribution in [-0.2, 0) is 0 Å². The molecule has 3 heterocycles. The predicted octanol–water partition coefficient (Wildman–Crippen LogP) is 4.30. The Labute approximate surface area is 156 Å². The lowest BCUT2D eigenvalue weighted by Gasteiger charge is -2.04. The number of pyridine rings is 1. The van der Waals surface area contributed by atoms with Crippen molar-refractivity contribution in [3.8, 4) is 11.3 Å². The van der Waals surface area contributed by atoms with E-state index in [2.05, 4.69) is 36.8 Å². The maximum atomic E-state index is 4.64. The highest BCUT2D eigenvalue weighted by Crippen LogP contribution is 2.25.